The van der Waals surface area contributed by atoms with Crippen molar-refractivity contribution in [3.63, 3.8) is 0 Å². The molecule has 0 fully saturated rings. The van der Waals surface area contributed by atoms with E-state index in [2.05, 4.69) is 24.2 Å². The lowest BCUT2D eigenvalue weighted by atomic mass is 10.6. The molecular formula is C5H10N4OS. The first-order valence-electron chi connectivity index (χ1n) is 2.82. The second kappa shape index (κ2) is 4.51. The first-order chi connectivity index (χ1) is 5.07. The van der Waals surface area contributed by atoms with Crippen LogP contribution in [0.5, 0.6) is 0 Å². The molecule has 0 saturated heterocycles. The van der Waals surface area contributed by atoms with Crippen molar-refractivity contribution < 1.29 is 4.79 Å². The van der Waals surface area contributed by atoms with E-state index in [-0.39, 0.29) is 5.11 Å². The third-order valence-electron chi connectivity index (χ3n) is 0.823. The Hall–Kier alpha value is -1.30. The van der Waals surface area contributed by atoms with Crippen LogP contribution in [0.25, 0.3) is 0 Å². The topological polar surface area (TPSA) is 84.4 Å². The zero-order chi connectivity index (χ0) is 8.85. The molecule has 11 heavy (non-hydrogen) atoms. The maximum absolute atomic E-state index is 10.3. The molecule has 0 aliphatic carbocycles. The summed E-state index contributed by atoms with van der Waals surface area (Å²) in [4.78, 5) is 10.3. The van der Waals surface area contributed by atoms with Gasteiger partial charge in [0, 0.05) is 0 Å². The standard InChI is InChI=1S/C5H10N4OS/c1-2-3-9(5(7)11)8-4(6)10/h2H,1,3H2,(H2,7,11)(H3,6,8,10). The molecule has 2 amide bonds. The van der Waals surface area contributed by atoms with Crippen LogP contribution in [0.3, 0.4) is 0 Å². The van der Waals surface area contributed by atoms with Crippen molar-refractivity contribution in [3.05, 3.63) is 12.7 Å². The number of nitrogens with zero attached hydrogens (tertiary/aromatic N) is 1. The Morgan fingerprint density at radius 2 is 2.27 bits per heavy atom. The van der Waals surface area contributed by atoms with Gasteiger partial charge in [-0.1, -0.05) is 6.08 Å². The van der Waals surface area contributed by atoms with E-state index in [4.69, 9.17) is 11.5 Å². The van der Waals surface area contributed by atoms with Gasteiger partial charge in [0.1, 0.15) is 0 Å². The van der Waals surface area contributed by atoms with E-state index in [0.29, 0.717) is 6.54 Å². The number of hydrazine groups is 1. The smallest absolute Gasteiger partial charge is 0.331 e. The molecule has 5 nitrogen and oxygen atoms in total. The molecule has 0 unspecified atom stereocenters. The van der Waals surface area contributed by atoms with Crippen molar-refractivity contribution >= 4 is 23.4 Å². The van der Waals surface area contributed by atoms with Crippen LogP contribution in [-0.4, -0.2) is 22.7 Å². The zero-order valence-corrected chi connectivity index (χ0v) is 6.73. The highest BCUT2D eigenvalue weighted by Gasteiger charge is 2.04. The van der Waals surface area contributed by atoms with Crippen LogP contribution in [0.1, 0.15) is 0 Å². The molecule has 5 N–H and O–H groups in total. The predicted molar refractivity (Wildman–Crippen MR) is 46.4 cm³/mol. The van der Waals surface area contributed by atoms with Crippen molar-refractivity contribution in [2.24, 2.45) is 11.5 Å². The fraction of sp³-hybridized carbons (Fsp3) is 0.200. The van der Waals surface area contributed by atoms with Gasteiger partial charge in [-0.25, -0.2) is 10.2 Å². The highest BCUT2D eigenvalue weighted by atomic mass is 32.1. The van der Waals surface area contributed by atoms with Crippen LogP contribution in [0.2, 0.25) is 0 Å². The summed E-state index contributed by atoms with van der Waals surface area (Å²) in [6.45, 7) is 3.77. The molecule has 0 aromatic heterocycles. The van der Waals surface area contributed by atoms with Crippen molar-refractivity contribution in [2.75, 3.05) is 6.54 Å². The molecule has 0 spiro atoms. The number of carbonyl (C=O) groups is 1. The summed E-state index contributed by atoms with van der Waals surface area (Å²) in [5, 5.41) is 1.26. The Kier molecular flexibility index (Phi) is 3.97. The van der Waals surface area contributed by atoms with Gasteiger partial charge in [0.2, 0.25) is 0 Å². The van der Waals surface area contributed by atoms with E-state index in [1.807, 2.05) is 0 Å². The molecule has 0 aliphatic heterocycles. The van der Waals surface area contributed by atoms with Crippen molar-refractivity contribution in [1.29, 1.82) is 0 Å². The number of thiocarbonyl (C=S) groups is 1. The first-order valence-corrected chi connectivity index (χ1v) is 3.22. The fourth-order valence-corrected chi connectivity index (χ4v) is 0.573. The predicted octanol–water partition coefficient (Wildman–Crippen LogP) is -0.699. The van der Waals surface area contributed by atoms with E-state index >= 15 is 0 Å². The largest absolute Gasteiger partial charge is 0.375 e. The Labute approximate surface area is 70.0 Å². The SMILES string of the molecule is C=CCN(NC(N)=O)C(N)=S. The van der Waals surface area contributed by atoms with Gasteiger partial charge in [0.15, 0.2) is 5.11 Å². The molecule has 0 rings (SSSR count). The highest BCUT2D eigenvalue weighted by Crippen LogP contribution is 1.81. The number of nitrogens with one attached hydrogen (secondary N) is 1. The molecule has 0 aromatic carbocycles. The minimum atomic E-state index is -0.709. The summed E-state index contributed by atoms with van der Waals surface area (Å²) in [6, 6.07) is -0.709. The number of primary amides is 1. The molecule has 0 atom stereocenters. The van der Waals surface area contributed by atoms with Crippen LogP contribution in [0, 0.1) is 0 Å². The Balaban J connectivity index is 3.99. The average molecular weight is 174 g/mol. The summed E-state index contributed by atoms with van der Waals surface area (Å²) in [5.74, 6) is 0. The van der Waals surface area contributed by atoms with Gasteiger partial charge < -0.3 is 11.5 Å². The number of urea groups is 1. The van der Waals surface area contributed by atoms with Gasteiger partial charge in [-0.05, 0) is 12.2 Å². The van der Waals surface area contributed by atoms with Crippen molar-refractivity contribution in [3.8, 4) is 0 Å². The number of hydrogen-bond acceptors (Lipinski definition) is 2. The highest BCUT2D eigenvalue weighted by molar-refractivity contribution is 7.80. The van der Waals surface area contributed by atoms with E-state index in [1.165, 1.54) is 11.1 Å². The normalized spacial score (nSPS) is 8.36. The minimum Gasteiger partial charge on any atom is -0.375 e. The third kappa shape index (κ3) is 4.15. The second-order valence-corrected chi connectivity index (χ2v) is 2.13. The van der Waals surface area contributed by atoms with Gasteiger partial charge in [-0.3, -0.25) is 5.01 Å². The fourth-order valence-electron chi connectivity index (χ4n) is 0.453. The Morgan fingerprint density at radius 3 is 2.55 bits per heavy atom. The van der Waals surface area contributed by atoms with Gasteiger partial charge in [0.05, 0.1) is 6.54 Å². The lowest BCUT2D eigenvalue weighted by Crippen LogP contribution is -2.50. The van der Waals surface area contributed by atoms with Crippen molar-refractivity contribution in [1.82, 2.24) is 10.4 Å². The van der Waals surface area contributed by atoms with E-state index < -0.39 is 6.03 Å². The summed E-state index contributed by atoms with van der Waals surface area (Å²) < 4.78 is 0. The molecule has 0 saturated carbocycles. The number of rotatable bonds is 2. The van der Waals surface area contributed by atoms with Gasteiger partial charge in [-0.2, -0.15) is 0 Å². The van der Waals surface area contributed by atoms with Crippen LogP contribution in [0.4, 0.5) is 4.79 Å². The molecule has 0 radical (unpaired) electrons. The molecule has 62 valence electrons. The van der Waals surface area contributed by atoms with Gasteiger partial charge in [0.25, 0.3) is 0 Å². The lowest BCUT2D eigenvalue weighted by Gasteiger charge is -2.19. The monoisotopic (exact) mass is 174 g/mol. The maximum Gasteiger partial charge on any atom is 0.331 e. The summed E-state index contributed by atoms with van der Waals surface area (Å²) in [7, 11) is 0. The Morgan fingerprint density at radius 1 is 1.73 bits per heavy atom. The second-order valence-electron chi connectivity index (χ2n) is 1.71. The van der Waals surface area contributed by atoms with Crippen LogP contribution >= 0.6 is 12.2 Å². The summed E-state index contributed by atoms with van der Waals surface area (Å²) in [6.07, 6.45) is 1.54. The lowest BCUT2D eigenvalue weighted by molar-refractivity contribution is 0.229. The van der Waals surface area contributed by atoms with E-state index in [0.717, 1.165) is 0 Å². The maximum atomic E-state index is 10.3. The molecule has 0 aromatic rings. The average Bonchev–Trinajstić information content (AvgIpc) is 1.86. The first kappa shape index (κ1) is 9.70. The van der Waals surface area contributed by atoms with E-state index in [9.17, 15) is 4.79 Å². The molecular weight excluding hydrogens is 164 g/mol. The molecule has 6 heteroatoms. The molecule has 0 aliphatic rings. The zero-order valence-electron chi connectivity index (χ0n) is 5.91. The van der Waals surface area contributed by atoms with Crippen LogP contribution in [-0.2, 0) is 0 Å². The number of hydrogen-bond donors (Lipinski definition) is 3. The summed E-state index contributed by atoms with van der Waals surface area (Å²) >= 11 is 4.59. The number of nitrogens with two attached hydrogens (primary N) is 2. The van der Waals surface area contributed by atoms with E-state index in [1.54, 1.807) is 0 Å². The molecule has 0 bridgehead atoms. The third-order valence-corrected chi connectivity index (χ3v) is 1.04. The van der Waals surface area contributed by atoms with Gasteiger partial charge >= 0.3 is 6.03 Å². The molecule has 0 heterocycles. The van der Waals surface area contributed by atoms with Crippen LogP contribution in [0.15, 0.2) is 12.7 Å². The number of carbonyl (C=O) groups excluding carboxylic acids is 1. The summed E-state index contributed by atoms with van der Waals surface area (Å²) in [5.41, 5.74) is 12.2. The van der Waals surface area contributed by atoms with Gasteiger partial charge in [-0.15, -0.1) is 6.58 Å². The quantitative estimate of drug-likeness (QED) is 0.293. The minimum absolute atomic E-state index is 0.0451. The van der Waals surface area contributed by atoms with Crippen LogP contribution < -0.4 is 16.9 Å². The number of amides is 2. The van der Waals surface area contributed by atoms with Crippen molar-refractivity contribution in [2.45, 2.75) is 0 Å². The Bertz CT molecular complexity index is 181.